The number of aliphatic hydroxyl groups excluding tert-OH is 2. The zero-order chi connectivity index (χ0) is 11.8. The van der Waals surface area contributed by atoms with Crippen molar-refractivity contribution in [3.63, 3.8) is 0 Å². The summed E-state index contributed by atoms with van der Waals surface area (Å²) in [6, 6.07) is 9.75. The van der Waals surface area contributed by atoms with Crippen LogP contribution < -0.4 is 0 Å². The predicted octanol–water partition coefficient (Wildman–Crippen LogP) is 1.50. The fourth-order valence-electron chi connectivity index (χ4n) is 1.33. The van der Waals surface area contributed by atoms with Gasteiger partial charge in [-0.1, -0.05) is 36.4 Å². The van der Waals surface area contributed by atoms with Crippen LogP contribution in [0.4, 0.5) is 0 Å². The van der Waals surface area contributed by atoms with Crippen molar-refractivity contribution < 1.29 is 14.9 Å². The van der Waals surface area contributed by atoms with Gasteiger partial charge in [-0.3, -0.25) is 0 Å². The third-order valence-electron chi connectivity index (χ3n) is 2.21. The van der Waals surface area contributed by atoms with E-state index in [0.717, 1.165) is 5.56 Å². The van der Waals surface area contributed by atoms with Crippen LogP contribution in [0.5, 0.6) is 0 Å². The summed E-state index contributed by atoms with van der Waals surface area (Å²) in [4.78, 5) is 0. The highest BCUT2D eigenvalue weighted by Gasteiger charge is 2.08. The summed E-state index contributed by atoms with van der Waals surface area (Å²) in [5, 5.41) is 18.7. The minimum atomic E-state index is -0.671. The van der Waals surface area contributed by atoms with Crippen LogP contribution >= 0.6 is 0 Å². The van der Waals surface area contributed by atoms with Gasteiger partial charge >= 0.3 is 0 Å². The van der Waals surface area contributed by atoms with Gasteiger partial charge in [0.2, 0.25) is 0 Å². The molecule has 0 spiro atoms. The van der Waals surface area contributed by atoms with Gasteiger partial charge in [-0.15, -0.1) is 6.58 Å². The molecule has 0 aliphatic heterocycles. The molecule has 2 atom stereocenters. The van der Waals surface area contributed by atoms with Crippen molar-refractivity contribution in [2.45, 2.75) is 25.2 Å². The van der Waals surface area contributed by atoms with Gasteiger partial charge in [-0.25, -0.2) is 0 Å². The average molecular weight is 222 g/mol. The molecule has 0 aliphatic rings. The Morgan fingerprint density at radius 2 is 1.94 bits per heavy atom. The number of hydrogen-bond acceptors (Lipinski definition) is 3. The van der Waals surface area contributed by atoms with Gasteiger partial charge in [-0.05, 0) is 5.56 Å². The molecule has 1 aromatic carbocycles. The maximum Gasteiger partial charge on any atom is 0.0801 e. The van der Waals surface area contributed by atoms with Gasteiger partial charge in [0, 0.05) is 6.42 Å². The molecule has 0 radical (unpaired) electrons. The third kappa shape index (κ3) is 5.07. The molecule has 0 amide bonds. The zero-order valence-corrected chi connectivity index (χ0v) is 9.25. The van der Waals surface area contributed by atoms with Crippen molar-refractivity contribution in [2.75, 3.05) is 6.61 Å². The fraction of sp³-hybridized carbons (Fsp3) is 0.385. The van der Waals surface area contributed by atoms with Crippen molar-refractivity contribution in [3.05, 3.63) is 48.6 Å². The highest BCUT2D eigenvalue weighted by Crippen LogP contribution is 2.04. The Kier molecular flexibility index (Phi) is 5.78. The SMILES string of the molecule is C=C[C@H](O)C[C@H](O)COCc1ccccc1. The van der Waals surface area contributed by atoms with E-state index in [0.29, 0.717) is 6.61 Å². The van der Waals surface area contributed by atoms with E-state index in [1.165, 1.54) is 6.08 Å². The summed E-state index contributed by atoms with van der Waals surface area (Å²) >= 11 is 0. The summed E-state index contributed by atoms with van der Waals surface area (Å²) in [5.74, 6) is 0. The standard InChI is InChI=1S/C13H18O3/c1-2-12(14)8-13(15)10-16-9-11-6-4-3-5-7-11/h2-7,12-15H,1,8-10H2/t12-,13-/m0/s1. The Labute approximate surface area is 96.0 Å². The van der Waals surface area contributed by atoms with Crippen LogP contribution in [0.15, 0.2) is 43.0 Å². The lowest BCUT2D eigenvalue weighted by Crippen LogP contribution is -2.21. The van der Waals surface area contributed by atoms with E-state index in [1.807, 2.05) is 30.3 Å². The molecule has 0 unspecified atom stereocenters. The van der Waals surface area contributed by atoms with Gasteiger partial charge in [0.25, 0.3) is 0 Å². The smallest absolute Gasteiger partial charge is 0.0801 e. The maximum absolute atomic E-state index is 9.50. The van der Waals surface area contributed by atoms with Gasteiger partial charge < -0.3 is 14.9 Å². The molecule has 0 bridgehead atoms. The monoisotopic (exact) mass is 222 g/mol. The van der Waals surface area contributed by atoms with Crippen LogP contribution in [0.25, 0.3) is 0 Å². The summed E-state index contributed by atoms with van der Waals surface area (Å²) in [7, 11) is 0. The maximum atomic E-state index is 9.50. The minimum Gasteiger partial charge on any atom is -0.391 e. The lowest BCUT2D eigenvalue weighted by molar-refractivity contribution is 0.00844. The molecule has 0 aromatic heterocycles. The van der Waals surface area contributed by atoms with E-state index in [2.05, 4.69) is 6.58 Å². The molecule has 3 heteroatoms. The summed E-state index contributed by atoms with van der Waals surface area (Å²) in [5.41, 5.74) is 1.07. The van der Waals surface area contributed by atoms with Crippen molar-refractivity contribution in [2.24, 2.45) is 0 Å². The number of ether oxygens (including phenoxy) is 1. The first kappa shape index (κ1) is 12.9. The quantitative estimate of drug-likeness (QED) is 0.687. The van der Waals surface area contributed by atoms with E-state index in [4.69, 9.17) is 4.74 Å². The summed E-state index contributed by atoms with van der Waals surface area (Å²) < 4.78 is 5.33. The van der Waals surface area contributed by atoms with Gasteiger partial charge in [0.05, 0.1) is 25.4 Å². The Morgan fingerprint density at radius 3 is 2.56 bits per heavy atom. The first-order valence-electron chi connectivity index (χ1n) is 5.32. The molecular weight excluding hydrogens is 204 g/mol. The third-order valence-corrected chi connectivity index (χ3v) is 2.21. The molecular formula is C13H18O3. The van der Waals surface area contributed by atoms with E-state index in [9.17, 15) is 10.2 Å². The molecule has 1 aromatic rings. The molecule has 0 saturated carbocycles. The van der Waals surface area contributed by atoms with E-state index in [-0.39, 0.29) is 13.0 Å². The minimum absolute atomic E-state index is 0.222. The Bertz CT molecular complexity index is 297. The number of benzene rings is 1. The lowest BCUT2D eigenvalue weighted by Gasteiger charge is -2.13. The van der Waals surface area contributed by atoms with Crippen molar-refractivity contribution in [1.29, 1.82) is 0 Å². The van der Waals surface area contributed by atoms with Crippen molar-refractivity contribution in [3.8, 4) is 0 Å². The van der Waals surface area contributed by atoms with E-state index >= 15 is 0 Å². The average Bonchev–Trinajstić information content (AvgIpc) is 2.30. The Balaban J connectivity index is 2.18. The molecule has 16 heavy (non-hydrogen) atoms. The number of rotatable bonds is 7. The molecule has 88 valence electrons. The van der Waals surface area contributed by atoms with Crippen LogP contribution in [0.1, 0.15) is 12.0 Å². The summed E-state index contributed by atoms with van der Waals surface area (Å²) in [6.07, 6.45) is 0.339. The molecule has 0 aliphatic carbocycles. The molecule has 2 N–H and O–H groups in total. The predicted molar refractivity (Wildman–Crippen MR) is 62.9 cm³/mol. The van der Waals surface area contributed by atoms with Crippen LogP contribution in [0.2, 0.25) is 0 Å². The number of hydrogen-bond donors (Lipinski definition) is 2. The fourth-order valence-corrected chi connectivity index (χ4v) is 1.33. The highest BCUT2D eigenvalue weighted by atomic mass is 16.5. The van der Waals surface area contributed by atoms with Gasteiger partial charge in [-0.2, -0.15) is 0 Å². The molecule has 3 nitrogen and oxygen atoms in total. The number of aliphatic hydroxyl groups is 2. The van der Waals surface area contributed by atoms with Crippen LogP contribution in [-0.4, -0.2) is 29.0 Å². The Hall–Kier alpha value is -1.16. The van der Waals surface area contributed by atoms with Crippen molar-refractivity contribution in [1.82, 2.24) is 0 Å². The second-order valence-electron chi connectivity index (χ2n) is 3.69. The molecule has 0 heterocycles. The van der Waals surface area contributed by atoms with Crippen LogP contribution in [0, 0.1) is 0 Å². The summed E-state index contributed by atoms with van der Waals surface area (Å²) in [6.45, 7) is 4.14. The van der Waals surface area contributed by atoms with Crippen LogP contribution in [-0.2, 0) is 11.3 Å². The molecule has 0 saturated heterocycles. The van der Waals surface area contributed by atoms with Crippen LogP contribution in [0.3, 0.4) is 0 Å². The van der Waals surface area contributed by atoms with E-state index < -0.39 is 12.2 Å². The highest BCUT2D eigenvalue weighted by molar-refractivity contribution is 5.13. The normalized spacial score (nSPS) is 14.4. The Morgan fingerprint density at radius 1 is 1.25 bits per heavy atom. The molecule has 1 rings (SSSR count). The van der Waals surface area contributed by atoms with E-state index in [1.54, 1.807) is 0 Å². The van der Waals surface area contributed by atoms with Crippen molar-refractivity contribution >= 4 is 0 Å². The second-order valence-corrected chi connectivity index (χ2v) is 3.69. The van der Waals surface area contributed by atoms with Gasteiger partial charge in [0.1, 0.15) is 0 Å². The zero-order valence-electron chi connectivity index (χ0n) is 9.25. The molecule has 0 fully saturated rings. The largest absolute Gasteiger partial charge is 0.391 e. The first-order chi connectivity index (χ1) is 7.72. The second kappa shape index (κ2) is 7.17. The topological polar surface area (TPSA) is 49.7 Å². The van der Waals surface area contributed by atoms with Gasteiger partial charge in [0.15, 0.2) is 0 Å². The first-order valence-corrected chi connectivity index (χ1v) is 5.32. The lowest BCUT2D eigenvalue weighted by atomic mass is 10.1.